The molecule has 0 spiro atoms. The summed E-state index contributed by atoms with van der Waals surface area (Å²) in [6, 6.07) is 49.4. The summed E-state index contributed by atoms with van der Waals surface area (Å²) < 4.78 is 51.6. The molecule has 0 saturated carbocycles. The van der Waals surface area contributed by atoms with Crippen LogP contribution in [0.2, 0.25) is 0 Å². The number of nitrogens with one attached hydrogen (secondary N) is 3. The van der Waals surface area contributed by atoms with Crippen molar-refractivity contribution in [3.8, 4) is 51.7 Å². The number of methoxy groups -OCH3 is 3. The van der Waals surface area contributed by atoms with Crippen LogP contribution in [0.1, 0.15) is 115 Å². The number of phenols is 1. The summed E-state index contributed by atoms with van der Waals surface area (Å²) in [6.07, 6.45) is 0. The topological polar surface area (TPSA) is 446 Å². The van der Waals surface area contributed by atoms with Gasteiger partial charge in [-0.15, -0.1) is 0 Å². The van der Waals surface area contributed by atoms with Crippen LogP contribution in [0.5, 0.6) is 51.7 Å². The molecule has 3 aliphatic heterocycles. The van der Waals surface area contributed by atoms with Crippen LogP contribution in [0.25, 0.3) is 0 Å². The van der Waals surface area contributed by atoms with E-state index in [9.17, 15) is 58.2 Å². The number of fused-ring (bicyclic) bond motifs is 6. The number of aliphatic carboxylic acids is 1. The second kappa shape index (κ2) is 43.1. The minimum Gasteiger partial charge on any atom is -0.870 e. The van der Waals surface area contributed by atoms with Crippen LogP contribution in [-0.2, 0) is 19.0 Å². The maximum absolute atomic E-state index is 12.8. The number of carbonyl (C=O) groups is 8. The van der Waals surface area contributed by atoms with Gasteiger partial charge < -0.3 is 75.4 Å². The molecule has 0 unspecified atom stereocenters. The van der Waals surface area contributed by atoms with Crippen molar-refractivity contribution >= 4 is 124 Å². The van der Waals surface area contributed by atoms with Gasteiger partial charge >= 0.3 is 54.1 Å². The van der Waals surface area contributed by atoms with Gasteiger partial charge in [0.25, 0.3) is 23.7 Å². The fraction of sp³-hybridized carbons (Fsp3) is 0.128. The van der Waals surface area contributed by atoms with Crippen LogP contribution in [0.15, 0.2) is 195 Å². The number of para-hydroxylation sites is 5. The summed E-state index contributed by atoms with van der Waals surface area (Å²) in [5, 5.41) is 55.7. The first kappa shape index (κ1) is 93.9. The summed E-state index contributed by atoms with van der Waals surface area (Å²) in [5.41, 5.74) is 6.08. The first-order valence-electron chi connectivity index (χ1n) is 31.4. The molecule has 34 heteroatoms. The Morgan fingerprint density at radius 1 is 0.438 bits per heavy atom. The summed E-state index contributed by atoms with van der Waals surface area (Å²) >= 11 is 9.77. The minimum atomic E-state index is -1.04. The molecule has 580 valence electrons. The Labute approximate surface area is 676 Å². The summed E-state index contributed by atoms with van der Waals surface area (Å²) in [6.45, 7) is 9.50. The third-order valence-electron chi connectivity index (χ3n) is 15.5. The molecule has 3 amide bonds. The van der Waals surface area contributed by atoms with E-state index in [2.05, 4.69) is 73.2 Å². The number of anilines is 3. The minimum absolute atomic E-state index is 0. The quantitative estimate of drug-likeness (QED) is 0.0270. The second-order valence-corrected chi connectivity index (χ2v) is 24.9. The number of ether oxygens (including phenoxy) is 7. The van der Waals surface area contributed by atoms with Crippen LogP contribution in [0.3, 0.4) is 0 Å². The zero-order chi connectivity index (χ0) is 79.4. The first-order valence-corrected chi connectivity index (χ1v) is 33.8. The number of aromatic hydroxyl groups is 1. The number of carboxylic acid groups (broad SMARTS) is 2. The van der Waals surface area contributed by atoms with E-state index in [0.717, 1.165) is 23.0 Å². The molecule has 13 rings (SSSR count). The van der Waals surface area contributed by atoms with Gasteiger partial charge in [0.05, 0.1) is 76.1 Å². The van der Waals surface area contributed by atoms with Gasteiger partial charge in [-0.25, -0.2) is 19.2 Å². The van der Waals surface area contributed by atoms with Crippen LogP contribution in [-0.4, -0.2) is 105 Å². The molecule has 0 aromatic heterocycles. The Morgan fingerprint density at radius 2 is 0.768 bits per heavy atom. The van der Waals surface area contributed by atoms with E-state index in [4.69, 9.17) is 43.8 Å². The fourth-order valence-corrected chi connectivity index (χ4v) is 11.0. The predicted molar refractivity (Wildman–Crippen MR) is 417 cm³/mol. The van der Waals surface area contributed by atoms with Gasteiger partial charge in [-0.3, -0.25) is 39.4 Å². The Bertz CT molecular complexity index is 5200. The number of nitro benzene ring substituents is 2. The molecular weight excluding hydrogens is 1660 g/mol. The Hall–Kier alpha value is -12.4. The molecule has 10 aromatic carbocycles. The van der Waals surface area contributed by atoms with Gasteiger partial charge in [0, 0.05) is 31.5 Å². The van der Waals surface area contributed by atoms with Crippen LogP contribution >= 0.6 is 47.8 Å². The van der Waals surface area contributed by atoms with E-state index in [-0.39, 0.29) is 94.6 Å². The van der Waals surface area contributed by atoms with Gasteiger partial charge in [-0.2, -0.15) is 4.39 Å². The van der Waals surface area contributed by atoms with E-state index in [0.29, 0.717) is 105 Å². The van der Waals surface area contributed by atoms with Crippen molar-refractivity contribution in [2.75, 3.05) is 37.3 Å². The van der Waals surface area contributed by atoms with Crippen molar-refractivity contribution in [1.29, 1.82) is 0 Å². The average Bonchev–Trinajstić information content (AvgIpc) is 1.63. The van der Waals surface area contributed by atoms with Gasteiger partial charge in [0.1, 0.15) is 39.9 Å². The maximum Gasteiger partial charge on any atom is 1.00 e. The second-order valence-electron chi connectivity index (χ2n) is 22.4. The van der Waals surface area contributed by atoms with Crippen molar-refractivity contribution in [1.82, 2.24) is 0 Å². The van der Waals surface area contributed by atoms with Crippen LogP contribution in [0, 0.1) is 60.7 Å². The van der Waals surface area contributed by atoms with Crippen molar-refractivity contribution < 1.29 is 131 Å². The maximum atomic E-state index is 12.8. The van der Waals surface area contributed by atoms with Crippen molar-refractivity contribution in [3.63, 3.8) is 0 Å². The molecular formula is C78H70Br3FLiN5O24. The monoisotopic (exact) mass is 1720 g/mol. The first-order chi connectivity index (χ1) is 51.3. The predicted octanol–water partition coefficient (Wildman–Crippen LogP) is 15.3. The normalized spacial score (nSPS) is 10.8. The molecule has 0 radical (unpaired) electrons. The molecule has 3 heterocycles. The number of carboxylic acids is 2. The number of phenolic OH excluding ortho intramolecular Hbond substituents is 1. The number of esters is 3. The molecule has 0 fully saturated rings. The van der Waals surface area contributed by atoms with E-state index in [1.807, 2.05) is 31.2 Å². The molecule has 29 nitrogen and oxygen atoms in total. The molecule has 10 aromatic rings. The number of amides is 3. The van der Waals surface area contributed by atoms with E-state index in [1.165, 1.54) is 64.7 Å². The molecule has 0 saturated heterocycles. The van der Waals surface area contributed by atoms with Crippen molar-refractivity contribution in [2.24, 2.45) is 0 Å². The number of carbonyl (C=O) groups excluding carboxylic acids is 6. The largest absolute Gasteiger partial charge is 1.00 e. The zero-order valence-corrected chi connectivity index (χ0v) is 65.0. The van der Waals surface area contributed by atoms with Gasteiger partial charge in [0.2, 0.25) is 11.6 Å². The third-order valence-corrected chi connectivity index (χ3v) is 18.0. The van der Waals surface area contributed by atoms with E-state index >= 15 is 0 Å². The van der Waals surface area contributed by atoms with Gasteiger partial charge in [0.15, 0.2) is 17.2 Å². The van der Waals surface area contributed by atoms with E-state index in [1.54, 1.807) is 136 Å². The number of nitro groups is 2. The summed E-state index contributed by atoms with van der Waals surface area (Å²) in [5.74, 6) is -1.66. The van der Waals surface area contributed by atoms with Crippen molar-refractivity contribution in [3.05, 3.63) is 288 Å². The van der Waals surface area contributed by atoms with E-state index < -0.39 is 51.2 Å². The molecule has 3 aliphatic rings. The van der Waals surface area contributed by atoms with Gasteiger partial charge in [-0.05, 0) is 173 Å². The number of halogens is 4. The molecule has 0 bridgehead atoms. The molecule has 0 aliphatic carbocycles. The molecule has 112 heavy (non-hydrogen) atoms. The number of rotatable bonds is 8. The fourth-order valence-electron chi connectivity index (χ4n) is 9.98. The number of benzene rings is 10. The standard InChI is InChI=1S/C16H13NO4.C15H12BrNO5.C15H11NO4.C14H10BrNO2.C8H8O3.C7H5BrFNO2.C2H4O2.CH4.Li.2H2O/c1-9-10(16(19)20-2)7-8-13-14(9)17-15(18)11-5-3-4-6-12(11)21-13;1-9-11(16)7-8-13(14(9)17(19)20)22-12-6-4-3-5-10(12)15(18)21-2;1-8-9(15(18)19)6-7-12-13(8)16-14(17)10-4-2-3-5-11(10)20-12;1-8-10(15)6-7-12-13(8)16-14(17)9-4-2-3-5-11(9)18-12;1-11-8(10)6-4-2-3-5-7(6)9;1-4-5(8)2-3-6(9)7(4)10(11)12;1-2(3)4;;;;/h3-8H,1-2H3,(H,17,18);3-8H,1-2H3;2-7H,1H3,(H,16,17)(H,18,19);2-7H,1H3,(H,16,17);2-5,9H,1H3;2-3H,1H3;1H3,(H,3,4);1H4;;2*1H2/q;;;;;;;;+1;;/p-1. The zero-order valence-electron chi connectivity index (χ0n) is 60.3. The van der Waals surface area contributed by atoms with Crippen LogP contribution in [0.4, 0.5) is 32.8 Å². The SMILES string of the molecule is C.CC(=O)O.COC(=O)c1ccc2c(c1C)NC(=O)c1ccccc1O2.COC(=O)c1ccccc1O.COC(=O)c1ccccc1Oc1ccc(Br)c(C)c1[N+](=O)[O-].Cc1c(Br)ccc(F)c1[N+](=O)[O-].Cc1c(Br)ccc2c1NC(=O)c1ccccc1O2.Cc1c(C(=O)O)ccc2c1NC(=O)c1ccccc1O2.O.[Li+].[OH-]. The Balaban J connectivity index is 0.000000347. The van der Waals surface area contributed by atoms with Crippen LogP contribution < -0.4 is 53.8 Å². The average molecular weight is 1730 g/mol. The Morgan fingerprint density at radius 3 is 1.19 bits per heavy atom. The Kier molecular flexibility index (Phi) is 36.2. The molecule has 9 N–H and O–H groups in total. The number of aromatic carboxylic acids is 1. The number of hydrogen-bond acceptors (Lipinski definition) is 21. The smallest absolute Gasteiger partial charge is 0.870 e. The van der Waals surface area contributed by atoms with Crippen molar-refractivity contribution in [2.45, 2.75) is 49.0 Å². The number of hydrogen-bond donors (Lipinski definition) is 6. The number of nitrogens with zero attached hydrogens (tertiary/aromatic N) is 2. The summed E-state index contributed by atoms with van der Waals surface area (Å²) in [7, 11) is 3.85. The summed E-state index contributed by atoms with van der Waals surface area (Å²) in [4.78, 5) is 111. The van der Waals surface area contributed by atoms with Gasteiger partial charge in [-0.1, -0.05) is 116 Å². The molecule has 0 atom stereocenters. The third kappa shape index (κ3) is 23.3.